The van der Waals surface area contributed by atoms with E-state index in [1.54, 1.807) is 16.2 Å². The highest BCUT2D eigenvalue weighted by molar-refractivity contribution is 7.15. The van der Waals surface area contributed by atoms with E-state index in [1.165, 1.54) is 11.3 Å². The first-order valence-corrected chi connectivity index (χ1v) is 7.95. The van der Waals surface area contributed by atoms with Crippen molar-refractivity contribution in [1.82, 2.24) is 9.88 Å². The Kier molecular flexibility index (Phi) is 3.36. The van der Waals surface area contributed by atoms with Gasteiger partial charge in [0.05, 0.1) is 12.2 Å². The molecule has 2 aliphatic heterocycles. The Morgan fingerprint density at radius 3 is 2.65 bits per heavy atom. The van der Waals surface area contributed by atoms with E-state index in [1.807, 2.05) is 20.8 Å². The summed E-state index contributed by atoms with van der Waals surface area (Å²) >= 11 is 1.72. The molecule has 1 amide bonds. The van der Waals surface area contributed by atoms with Crippen LogP contribution >= 0.6 is 11.3 Å². The number of carbonyl (C=O) groups excluding carboxylic acids is 1. The van der Waals surface area contributed by atoms with Crippen molar-refractivity contribution in [2.75, 3.05) is 24.5 Å². The quantitative estimate of drug-likeness (QED) is 0.799. The van der Waals surface area contributed by atoms with Crippen molar-refractivity contribution >= 4 is 22.6 Å². The van der Waals surface area contributed by atoms with E-state index in [9.17, 15) is 4.79 Å². The van der Waals surface area contributed by atoms with Crippen molar-refractivity contribution in [1.29, 1.82) is 0 Å². The maximum atomic E-state index is 12.1. The van der Waals surface area contributed by atoms with Gasteiger partial charge in [-0.3, -0.25) is 0 Å². The summed E-state index contributed by atoms with van der Waals surface area (Å²) < 4.78 is 5.44. The largest absolute Gasteiger partial charge is 0.444 e. The summed E-state index contributed by atoms with van der Waals surface area (Å²) in [4.78, 5) is 22.1. The highest BCUT2D eigenvalue weighted by Crippen LogP contribution is 2.33. The lowest BCUT2D eigenvalue weighted by molar-refractivity contribution is 0.0225. The van der Waals surface area contributed by atoms with Gasteiger partial charge in [0.25, 0.3) is 0 Å². The van der Waals surface area contributed by atoms with E-state index in [2.05, 4.69) is 4.90 Å². The first-order valence-electron chi connectivity index (χ1n) is 7.14. The summed E-state index contributed by atoms with van der Waals surface area (Å²) in [7, 11) is 0. The summed E-state index contributed by atoms with van der Waals surface area (Å²) in [5, 5.41) is 1.12. The van der Waals surface area contributed by atoms with Gasteiger partial charge in [-0.05, 0) is 27.2 Å². The van der Waals surface area contributed by atoms with Crippen LogP contribution in [0, 0.1) is 0 Å². The van der Waals surface area contributed by atoms with Crippen molar-refractivity contribution in [2.24, 2.45) is 0 Å². The number of ether oxygens (including phenoxy) is 1. The molecule has 1 saturated heterocycles. The SMILES string of the molecule is CC(C)(C)OC(=O)N1CCc2nc(N3CCC3)sc2C1. The minimum absolute atomic E-state index is 0.220. The van der Waals surface area contributed by atoms with Gasteiger partial charge in [0.2, 0.25) is 0 Å². The van der Waals surface area contributed by atoms with Gasteiger partial charge in [-0.15, -0.1) is 0 Å². The smallest absolute Gasteiger partial charge is 0.410 e. The van der Waals surface area contributed by atoms with Crippen LogP contribution in [0.3, 0.4) is 0 Å². The third kappa shape index (κ3) is 2.75. The van der Waals surface area contributed by atoms with Gasteiger partial charge in [0.1, 0.15) is 5.60 Å². The fourth-order valence-electron chi connectivity index (χ4n) is 2.31. The van der Waals surface area contributed by atoms with Gasteiger partial charge in [-0.1, -0.05) is 11.3 Å². The molecule has 0 spiro atoms. The summed E-state index contributed by atoms with van der Waals surface area (Å²) in [5.74, 6) is 0. The van der Waals surface area contributed by atoms with Crippen LogP contribution in [-0.2, 0) is 17.7 Å². The molecule has 1 aromatic heterocycles. The molecule has 1 fully saturated rings. The maximum absolute atomic E-state index is 12.1. The molecule has 2 aliphatic rings. The van der Waals surface area contributed by atoms with Gasteiger partial charge in [0.15, 0.2) is 5.13 Å². The molecule has 3 heterocycles. The van der Waals surface area contributed by atoms with Gasteiger partial charge < -0.3 is 14.5 Å². The number of amides is 1. The standard InChI is InChI=1S/C14H21N3O2S/c1-14(2,3)19-13(18)17-8-5-10-11(9-17)20-12(15-10)16-6-4-7-16/h4-9H2,1-3H3. The molecule has 1 aromatic rings. The summed E-state index contributed by atoms with van der Waals surface area (Å²) in [6, 6.07) is 0. The summed E-state index contributed by atoms with van der Waals surface area (Å²) in [5.41, 5.74) is 0.727. The minimum Gasteiger partial charge on any atom is -0.444 e. The van der Waals surface area contributed by atoms with E-state index in [-0.39, 0.29) is 6.09 Å². The van der Waals surface area contributed by atoms with Crippen molar-refractivity contribution in [3.05, 3.63) is 10.6 Å². The lowest BCUT2D eigenvalue weighted by Crippen LogP contribution is -2.39. The molecular weight excluding hydrogens is 274 g/mol. The number of thiazole rings is 1. The Morgan fingerprint density at radius 2 is 2.05 bits per heavy atom. The van der Waals surface area contributed by atoms with Crippen molar-refractivity contribution in [3.8, 4) is 0 Å². The Bertz CT molecular complexity index is 517. The first-order chi connectivity index (χ1) is 9.42. The molecule has 110 valence electrons. The minimum atomic E-state index is -0.437. The van der Waals surface area contributed by atoms with Crippen LogP contribution < -0.4 is 4.90 Å². The predicted octanol–water partition coefficient (Wildman–Crippen LogP) is 2.65. The van der Waals surface area contributed by atoms with E-state index >= 15 is 0 Å². The second kappa shape index (κ2) is 4.91. The molecule has 0 saturated carbocycles. The maximum Gasteiger partial charge on any atom is 0.410 e. The first kappa shape index (κ1) is 13.7. The van der Waals surface area contributed by atoms with Crippen LogP contribution in [-0.4, -0.2) is 41.2 Å². The lowest BCUT2D eigenvalue weighted by Gasteiger charge is -2.30. The molecule has 0 radical (unpaired) electrons. The van der Waals surface area contributed by atoms with Crippen molar-refractivity contribution in [3.63, 3.8) is 0 Å². The van der Waals surface area contributed by atoms with Crippen LogP contribution in [0.15, 0.2) is 0 Å². The fourth-order valence-corrected chi connectivity index (χ4v) is 3.48. The van der Waals surface area contributed by atoms with Crippen molar-refractivity contribution in [2.45, 2.75) is 45.8 Å². The van der Waals surface area contributed by atoms with Gasteiger partial charge in [0, 0.05) is 30.9 Å². The highest BCUT2D eigenvalue weighted by atomic mass is 32.1. The number of hydrogen-bond donors (Lipinski definition) is 0. The molecule has 0 aromatic carbocycles. The van der Waals surface area contributed by atoms with Crippen LogP contribution in [0.4, 0.5) is 9.93 Å². The zero-order valence-electron chi connectivity index (χ0n) is 12.3. The number of nitrogens with zero attached hydrogens (tertiary/aromatic N) is 3. The van der Waals surface area contributed by atoms with E-state index in [4.69, 9.17) is 9.72 Å². The van der Waals surface area contributed by atoms with Crippen LogP contribution in [0.5, 0.6) is 0 Å². The summed E-state index contributed by atoms with van der Waals surface area (Å²) in [6.07, 6.45) is 1.87. The molecule has 5 nitrogen and oxygen atoms in total. The van der Waals surface area contributed by atoms with E-state index < -0.39 is 5.60 Å². The number of hydrogen-bond acceptors (Lipinski definition) is 5. The zero-order valence-corrected chi connectivity index (χ0v) is 13.1. The van der Waals surface area contributed by atoms with Gasteiger partial charge in [-0.2, -0.15) is 0 Å². The molecular formula is C14H21N3O2S. The number of carbonyl (C=O) groups is 1. The zero-order chi connectivity index (χ0) is 14.3. The molecule has 0 aliphatic carbocycles. The topological polar surface area (TPSA) is 45.7 Å². The highest BCUT2D eigenvalue weighted by Gasteiger charge is 2.29. The van der Waals surface area contributed by atoms with Gasteiger partial charge >= 0.3 is 6.09 Å². The fraction of sp³-hybridized carbons (Fsp3) is 0.714. The average molecular weight is 295 g/mol. The molecule has 3 rings (SSSR count). The average Bonchev–Trinajstić information content (AvgIpc) is 2.65. The third-order valence-electron chi connectivity index (χ3n) is 3.50. The third-order valence-corrected chi connectivity index (χ3v) is 4.64. The second-order valence-electron chi connectivity index (χ2n) is 6.36. The molecule has 0 atom stereocenters. The molecule has 0 N–H and O–H groups in total. The second-order valence-corrected chi connectivity index (χ2v) is 7.42. The molecule has 0 bridgehead atoms. The van der Waals surface area contributed by atoms with Crippen LogP contribution in [0.25, 0.3) is 0 Å². The summed E-state index contributed by atoms with van der Waals surface area (Å²) in [6.45, 7) is 9.25. The lowest BCUT2D eigenvalue weighted by atomic mass is 10.2. The molecule has 0 unspecified atom stereocenters. The predicted molar refractivity (Wildman–Crippen MR) is 79.3 cm³/mol. The Hall–Kier alpha value is -1.30. The number of anilines is 1. The number of fused-ring (bicyclic) bond motifs is 1. The Morgan fingerprint density at radius 1 is 1.30 bits per heavy atom. The van der Waals surface area contributed by atoms with Gasteiger partial charge in [-0.25, -0.2) is 9.78 Å². The Balaban J connectivity index is 1.68. The number of aromatic nitrogens is 1. The molecule has 6 heteroatoms. The Labute approximate surface area is 123 Å². The monoisotopic (exact) mass is 295 g/mol. The normalized spacial score (nSPS) is 18.6. The van der Waals surface area contributed by atoms with Crippen LogP contribution in [0.1, 0.15) is 37.8 Å². The molecule has 20 heavy (non-hydrogen) atoms. The van der Waals surface area contributed by atoms with E-state index in [0.29, 0.717) is 13.1 Å². The van der Waals surface area contributed by atoms with E-state index in [0.717, 1.165) is 30.3 Å². The van der Waals surface area contributed by atoms with Crippen LogP contribution in [0.2, 0.25) is 0 Å². The number of rotatable bonds is 1. The van der Waals surface area contributed by atoms with Crippen molar-refractivity contribution < 1.29 is 9.53 Å².